The van der Waals surface area contributed by atoms with E-state index in [-0.39, 0.29) is 29.2 Å². The molecule has 1 aliphatic rings. The number of nitrogens with one attached hydrogen (secondary N) is 1. The molecule has 1 fully saturated rings. The van der Waals surface area contributed by atoms with Crippen LogP contribution in [0.5, 0.6) is 0 Å². The molecule has 0 aliphatic heterocycles. The summed E-state index contributed by atoms with van der Waals surface area (Å²) < 4.78 is 0. The van der Waals surface area contributed by atoms with Crippen molar-refractivity contribution in [3.63, 3.8) is 0 Å². The number of Topliss-reactive ketones (excluding diaryl/α,β-unsaturated/α-hetero) is 2. The first-order valence-electron chi connectivity index (χ1n) is 9.02. The summed E-state index contributed by atoms with van der Waals surface area (Å²) in [6.45, 7) is 6.13. The number of carbonyl (C=O) groups excluding carboxylic acids is 2. The van der Waals surface area contributed by atoms with Gasteiger partial charge in [-0.2, -0.15) is 0 Å². The average Bonchev–Trinajstić information content (AvgIpc) is 2.54. The first kappa shape index (κ1) is 21.7. The van der Waals surface area contributed by atoms with Crippen LogP contribution in [0.4, 0.5) is 0 Å². The molecule has 0 aromatic heterocycles. The predicted molar refractivity (Wildman–Crippen MR) is 110 cm³/mol. The largest absolute Gasteiger partial charge is 0.294 e. The van der Waals surface area contributed by atoms with Gasteiger partial charge in [0.15, 0.2) is 11.6 Å². The molecule has 0 saturated heterocycles. The maximum absolute atomic E-state index is 12.5. The van der Waals surface area contributed by atoms with Crippen molar-refractivity contribution in [1.82, 2.24) is 5.48 Å². The third-order valence-electron chi connectivity index (χ3n) is 4.27. The summed E-state index contributed by atoms with van der Waals surface area (Å²) in [5.41, 5.74) is 4.21. The van der Waals surface area contributed by atoms with E-state index in [1.165, 1.54) is 0 Å². The molecule has 146 valence electrons. The Morgan fingerprint density at radius 3 is 2.48 bits per heavy atom. The number of halogens is 2. The zero-order chi connectivity index (χ0) is 20.0. The Kier molecular flexibility index (Phi) is 7.66. The normalized spacial score (nSPS) is 16.9. The lowest BCUT2D eigenvalue weighted by molar-refractivity contribution is -0.127. The monoisotopic (exact) mass is 409 g/mol. The van der Waals surface area contributed by atoms with Crippen molar-refractivity contribution in [2.45, 2.75) is 46.5 Å². The van der Waals surface area contributed by atoms with Crippen molar-refractivity contribution in [2.24, 2.45) is 5.41 Å². The van der Waals surface area contributed by atoms with E-state index in [1.807, 2.05) is 32.9 Å². The zero-order valence-electron chi connectivity index (χ0n) is 15.9. The summed E-state index contributed by atoms with van der Waals surface area (Å²) in [6, 6.07) is 5.26. The Labute approximate surface area is 170 Å². The molecule has 27 heavy (non-hydrogen) atoms. The van der Waals surface area contributed by atoms with Crippen LogP contribution in [0.3, 0.4) is 0 Å². The van der Waals surface area contributed by atoms with Crippen molar-refractivity contribution in [3.8, 4) is 0 Å². The van der Waals surface area contributed by atoms with Crippen molar-refractivity contribution in [1.29, 1.82) is 0 Å². The number of hydrogen-bond donors (Lipinski definition) is 1. The summed E-state index contributed by atoms with van der Waals surface area (Å²) in [6.07, 6.45) is 5.75. The highest BCUT2D eigenvalue weighted by atomic mass is 35.5. The third kappa shape index (κ3) is 6.20. The van der Waals surface area contributed by atoms with Gasteiger partial charge in [0.1, 0.15) is 0 Å². The van der Waals surface area contributed by atoms with E-state index < -0.39 is 0 Å². The second kappa shape index (κ2) is 9.54. The molecule has 0 bridgehead atoms. The molecule has 1 aromatic carbocycles. The van der Waals surface area contributed by atoms with Crippen LogP contribution in [-0.2, 0) is 14.4 Å². The fourth-order valence-corrected chi connectivity index (χ4v) is 3.54. The minimum atomic E-state index is -0.281. The summed E-state index contributed by atoms with van der Waals surface area (Å²) >= 11 is 12.0. The Balaban J connectivity index is 2.01. The van der Waals surface area contributed by atoms with Crippen LogP contribution < -0.4 is 5.48 Å². The Morgan fingerprint density at radius 1 is 1.22 bits per heavy atom. The quantitative estimate of drug-likeness (QED) is 0.278. The first-order valence-corrected chi connectivity index (χ1v) is 9.78. The molecule has 0 radical (unpaired) electrons. The van der Waals surface area contributed by atoms with Gasteiger partial charge in [-0.05, 0) is 29.5 Å². The molecular weight excluding hydrogens is 385 g/mol. The molecule has 0 atom stereocenters. The second-order valence-corrected chi connectivity index (χ2v) is 8.29. The van der Waals surface area contributed by atoms with Gasteiger partial charge in [-0.3, -0.25) is 19.9 Å². The highest BCUT2D eigenvalue weighted by Gasteiger charge is 2.37. The Morgan fingerprint density at radius 2 is 1.89 bits per heavy atom. The molecule has 1 saturated carbocycles. The maximum Gasteiger partial charge on any atom is 0.168 e. The van der Waals surface area contributed by atoms with Gasteiger partial charge in [-0.1, -0.05) is 68.6 Å². The lowest BCUT2D eigenvalue weighted by atomic mass is 9.73. The van der Waals surface area contributed by atoms with Crippen molar-refractivity contribution < 1.29 is 14.4 Å². The molecular formula is C21H25Cl2NO3. The van der Waals surface area contributed by atoms with Gasteiger partial charge in [0.05, 0.1) is 17.9 Å². The van der Waals surface area contributed by atoms with E-state index >= 15 is 0 Å². The Hall–Kier alpha value is -1.62. The fourth-order valence-electron chi connectivity index (χ4n) is 3.07. The van der Waals surface area contributed by atoms with Crippen LogP contribution in [0.2, 0.25) is 10.0 Å². The van der Waals surface area contributed by atoms with E-state index in [4.69, 9.17) is 28.0 Å². The molecule has 1 N–H and O–H groups in total. The van der Waals surface area contributed by atoms with Crippen LogP contribution in [0.1, 0.15) is 52.0 Å². The number of rotatable bonds is 7. The third-order valence-corrected chi connectivity index (χ3v) is 4.83. The van der Waals surface area contributed by atoms with Gasteiger partial charge >= 0.3 is 0 Å². The highest BCUT2D eigenvalue weighted by Crippen LogP contribution is 2.34. The number of allylic oxidation sites excluding steroid dienone is 2. The van der Waals surface area contributed by atoms with Gasteiger partial charge in [0, 0.05) is 22.9 Å². The standard InChI is InChI=1S/C21H25Cl2NO3/c1-4-6-17(20-18(25)12-21(2,3)13-19(20)26)24-27-10-5-7-14-8-9-15(22)11-16(14)23/h5,7-9,11,24H,4,6,10,12-13H2,1-3H3/b7-5+. The summed E-state index contributed by atoms with van der Waals surface area (Å²) in [5, 5.41) is 1.14. The van der Waals surface area contributed by atoms with E-state index in [9.17, 15) is 9.59 Å². The fraction of sp³-hybridized carbons (Fsp3) is 0.429. The minimum Gasteiger partial charge on any atom is -0.294 e. The van der Waals surface area contributed by atoms with Gasteiger partial charge in [-0.15, -0.1) is 0 Å². The highest BCUT2D eigenvalue weighted by molar-refractivity contribution is 6.35. The van der Waals surface area contributed by atoms with Crippen molar-refractivity contribution in [3.05, 3.63) is 51.2 Å². The number of hydrogen-bond acceptors (Lipinski definition) is 4. The van der Waals surface area contributed by atoms with Crippen LogP contribution in [0, 0.1) is 5.41 Å². The predicted octanol–water partition coefficient (Wildman–Crippen LogP) is 5.54. The molecule has 0 heterocycles. The molecule has 2 rings (SSSR count). The number of benzene rings is 1. The van der Waals surface area contributed by atoms with Crippen molar-refractivity contribution in [2.75, 3.05) is 6.61 Å². The van der Waals surface area contributed by atoms with E-state index in [2.05, 4.69) is 5.48 Å². The maximum atomic E-state index is 12.5. The average molecular weight is 410 g/mol. The lowest BCUT2D eigenvalue weighted by Gasteiger charge is -2.29. The SMILES string of the molecule is CCCC(NOC/C=C/c1ccc(Cl)cc1Cl)=C1C(=O)CC(C)(C)CC1=O. The van der Waals surface area contributed by atoms with Crippen molar-refractivity contribution >= 4 is 40.8 Å². The minimum absolute atomic E-state index is 0.112. The molecule has 0 spiro atoms. The molecule has 4 nitrogen and oxygen atoms in total. The number of carbonyl (C=O) groups is 2. The van der Waals surface area contributed by atoms with E-state index in [1.54, 1.807) is 18.2 Å². The molecule has 6 heteroatoms. The lowest BCUT2D eigenvalue weighted by Crippen LogP contribution is -2.34. The van der Waals surface area contributed by atoms with Crippen LogP contribution >= 0.6 is 23.2 Å². The summed E-state index contributed by atoms with van der Waals surface area (Å²) in [5.74, 6) is -0.224. The molecule has 0 unspecified atom stereocenters. The molecule has 1 aliphatic carbocycles. The van der Waals surface area contributed by atoms with E-state index in [0.29, 0.717) is 35.0 Å². The van der Waals surface area contributed by atoms with Gasteiger partial charge in [0.25, 0.3) is 0 Å². The van der Waals surface area contributed by atoms with Gasteiger partial charge < -0.3 is 0 Å². The Bertz CT molecular complexity index is 760. The summed E-state index contributed by atoms with van der Waals surface area (Å²) in [7, 11) is 0. The number of ketones is 2. The number of hydroxylamine groups is 1. The van der Waals surface area contributed by atoms with Crippen LogP contribution in [0.25, 0.3) is 6.08 Å². The topological polar surface area (TPSA) is 55.4 Å². The van der Waals surface area contributed by atoms with Crippen LogP contribution in [0.15, 0.2) is 35.5 Å². The zero-order valence-corrected chi connectivity index (χ0v) is 17.4. The second-order valence-electron chi connectivity index (χ2n) is 7.45. The smallest absolute Gasteiger partial charge is 0.168 e. The molecule has 0 amide bonds. The van der Waals surface area contributed by atoms with Gasteiger partial charge in [0.2, 0.25) is 0 Å². The summed E-state index contributed by atoms with van der Waals surface area (Å²) in [4.78, 5) is 30.4. The molecule has 1 aromatic rings. The first-order chi connectivity index (χ1) is 12.7. The van der Waals surface area contributed by atoms with Gasteiger partial charge in [-0.25, -0.2) is 0 Å². The van der Waals surface area contributed by atoms with Crippen LogP contribution in [-0.4, -0.2) is 18.2 Å². The van der Waals surface area contributed by atoms with E-state index in [0.717, 1.165) is 12.0 Å².